The molecule has 0 radical (unpaired) electrons. The minimum Gasteiger partial charge on any atom is -0.495 e. The first-order chi connectivity index (χ1) is 16.5. The highest BCUT2D eigenvalue weighted by Crippen LogP contribution is 2.37. The van der Waals surface area contributed by atoms with E-state index in [1.807, 2.05) is 42.5 Å². The van der Waals surface area contributed by atoms with Crippen LogP contribution in [0.4, 0.5) is 21.5 Å². The van der Waals surface area contributed by atoms with Crippen molar-refractivity contribution >= 4 is 34.2 Å². The van der Waals surface area contributed by atoms with Gasteiger partial charge in [-0.2, -0.15) is 0 Å². The molecule has 2 N–H and O–H groups in total. The highest BCUT2D eigenvalue weighted by molar-refractivity contribution is 7.81. The Bertz CT molecular complexity index is 1310. The lowest BCUT2D eigenvalue weighted by Crippen LogP contribution is -2.20. The molecule has 0 bridgehead atoms. The van der Waals surface area contributed by atoms with Gasteiger partial charge in [0.25, 0.3) is 17.2 Å². The lowest BCUT2D eigenvalue weighted by molar-refractivity contribution is 0.102. The molecule has 0 aliphatic heterocycles. The van der Waals surface area contributed by atoms with Crippen LogP contribution >= 0.6 is 0 Å². The van der Waals surface area contributed by atoms with Crippen LogP contribution in [-0.2, 0) is 11.3 Å². The number of halogens is 1. The summed E-state index contributed by atoms with van der Waals surface area (Å²) in [6, 6.07) is 26.9. The maximum absolute atomic E-state index is 13.4. The Morgan fingerprint density at radius 3 is 2.18 bits per heavy atom. The van der Waals surface area contributed by atoms with Gasteiger partial charge in [0.15, 0.2) is 0 Å². The van der Waals surface area contributed by atoms with Gasteiger partial charge in [0, 0.05) is 11.3 Å². The number of nitrogens with zero attached hydrogens (tertiary/aromatic N) is 1. The number of carbonyl (C=O) groups is 1. The van der Waals surface area contributed by atoms with Crippen molar-refractivity contribution < 1.29 is 22.7 Å². The number of benzene rings is 4. The van der Waals surface area contributed by atoms with E-state index in [0.717, 1.165) is 15.4 Å². The fourth-order valence-corrected chi connectivity index (χ4v) is 4.08. The molecule has 1 amide bonds. The summed E-state index contributed by atoms with van der Waals surface area (Å²) in [6.45, 7) is 0. The van der Waals surface area contributed by atoms with Crippen LogP contribution in [0.25, 0.3) is 11.1 Å². The van der Waals surface area contributed by atoms with E-state index in [9.17, 15) is 17.9 Å². The fourth-order valence-electron chi connectivity index (χ4n) is 3.46. The summed E-state index contributed by atoms with van der Waals surface area (Å²) in [6.07, 6.45) is 0. The Kier molecular flexibility index (Phi) is 7.01. The minimum atomic E-state index is -2.48. The van der Waals surface area contributed by atoms with E-state index in [1.165, 1.54) is 37.4 Å². The molecular formula is C26H21FN2O4S. The quantitative estimate of drug-likeness (QED) is 0.319. The summed E-state index contributed by atoms with van der Waals surface area (Å²) in [7, 11) is 1.43. The molecule has 1 atom stereocenters. The SMILES string of the molecule is COc1ccc(NC(=O)c2ccc(-c3ccccc3)cc2)cc1N(c1ccc(F)cc1)S(=O)O. The molecule has 4 rings (SSSR count). The van der Waals surface area contributed by atoms with Gasteiger partial charge in [-0.3, -0.25) is 9.35 Å². The zero-order valence-corrected chi connectivity index (χ0v) is 19.0. The van der Waals surface area contributed by atoms with Gasteiger partial charge in [-0.1, -0.05) is 42.5 Å². The van der Waals surface area contributed by atoms with E-state index in [2.05, 4.69) is 5.32 Å². The van der Waals surface area contributed by atoms with Crippen molar-refractivity contribution in [2.75, 3.05) is 16.7 Å². The number of ether oxygens (including phenoxy) is 1. The van der Waals surface area contributed by atoms with Gasteiger partial charge >= 0.3 is 0 Å². The van der Waals surface area contributed by atoms with Crippen LogP contribution in [-0.4, -0.2) is 21.8 Å². The lowest BCUT2D eigenvalue weighted by Gasteiger charge is -2.23. The molecule has 0 saturated heterocycles. The average Bonchev–Trinajstić information content (AvgIpc) is 2.86. The molecule has 4 aromatic carbocycles. The van der Waals surface area contributed by atoms with Crippen molar-refractivity contribution in [2.24, 2.45) is 0 Å². The number of anilines is 3. The summed E-state index contributed by atoms with van der Waals surface area (Å²) in [5.41, 5.74) is 3.40. The predicted octanol–water partition coefficient (Wildman–Crippen LogP) is 6.03. The van der Waals surface area contributed by atoms with Crippen molar-refractivity contribution in [1.29, 1.82) is 0 Å². The Hall–Kier alpha value is -4.01. The van der Waals surface area contributed by atoms with Crippen LogP contribution in [0.2, 0.25) is 0 Å². The molecule has 172 valence electrons. The first kappa shape index (κ1) is 23.2. The van der Waals surface area contributed by atoms with E-state index < -0.39 is 17.1 Å². The number of hydrogen-bond acceptors (Lipinski definition) is 3. The third-order valence-electron chi connectivity index (χ3n) is 5.13. The van der Waals surface area contributed by atoms with Crippen LogP contribution in [0.15, 0.2) is 97.1 Å². The van der Waals surface area contributed by atoms with Gasteiger partial charge in [0.2, 0.25) is 0 Å². The van der Waals surface area contributed by atoms with Gasteiger partial charge in [0.05, 0.1) is 12.8 Å². The van der Waals surface area contributed by atoms with Crippen LogP contribution < -0.4 is 14.4 Å². The molecule has 0 aliphatic carbocycles. The summed E-state index contributed by atoms with van der Waals surface area (Å²) >= 11 is -2.48. The number of methoxy groups -OCH3 is 1. The molecule has 1 unspecified atom stereocenters. The van der Waals surface area contributed by atoms with E-state index in [1.54, 1.807) is 24.3 Å². The molecule has 0 aromatic heterocycles. The van der Waals surface area contributed by atoms with Crippen LogP contribution in [0.5, 0.6) is 5.75 Å². The van der Waals surface area contributed by atoms with Gasteiger partial charge in [-0.15, -0.1) is 0 Å². The van der Waals surface area contributed by atoms with E-state index >= 15 is 0 Å². The topological polar surface area (TPSA) is 78.9 Å². The highest BCUT2D eigenvalue weighted by Gasteiger charge is 2.21. The molecule has 4 aromatic rings. The molecule has 0 fully saturated rings. The Morgan fingerprint density at radius 1 is 0.912 bits per heavy atom. The van der Waals surface area contributed by atoms with Gasteiger partial charge < -0.3 is 10.1 Å². The number of hydrogen-bond donors (Lipinski definition) is 2. The van der Waals surface area contributed by atoms with Crippen molar-refractivity contribution in [3.63, 3.8) is 0 Å². The Balaban J connectivity index is 1.60. The average molecular weight is 477 g/mol. The van der Waals surface area contributed by atoms with E-state index in [4.69, 9.17) is 4.74 Å². The van der Waals surface area contributed by atoms with Crippen molar-refractivity contribution in [2.45, 2.75) is 0 Å². The largest absolute Gasteiger partial charge is 0.495 e. The summed E-state index contributed by atoms with van der Waals surface area (Å²) in [4.78, 5) is 12.8. The molecule has 34 heavy (non-hydrogen) atoms. The number of nitrogens with one attached hydrogen (secondary N) is 1. The van der Waals surface area contributed by atoms with Gasteiger partial charge in [-0.05, 0) is 65.7 Å². The second kappa shape index (κ2) is 10.3. The lowest BCUT2D eigenvalue weighted by atomic mass is 10.0. The van der Waals surface area contributed by atoms with Crippen molar-refractivity contribution in [3.05, 3.63) is 108 Å². The summed E-state index contributed by atoms with van der Waals surface area (Å²) < 4.78 is 41.9. The zero-order chi connectivity index (χ0) is 24.1. The molecule has 0 aliphatic rings. The molecule has 6 nitrogen and oxygen atoms in total. The fraction of sp³-hybridized carbons (Fsp3) is 0.0385. The van der Waals surface area contributed by atoms with Gasteiger partial charge in [-0.25, -0.2) is 12.9 Å². The zero-order valence-electron chi connectivity index (χ0n) is 18.1. The first-order valence-corrected chi connectivity index (χ1v) is 11.3. The highest BCUT2D eigenvalue weighted by atomic mass is 32.2. The Morgan fingerprint density at radius 2 is 1.56 bits per heavy atom. The van der Waals surface area contributed by atoms with E-state index in [0.29, 0.717) is 17.0 Å². The molecule has 8 heteroatoms. The summed E-state index contributed by atoms with van der Waals surface area (Å²) in [5.74, 6) is -0.509. The number of rotatable bonds is 7. The smallest absolute Gasteiger partial charge is 0.266 e. The van der Waals surface area contributed by atoms with Crippen LogP contribution in [0, 0.1) is 5.82 Å². The van der Waals surface area contributed by atoms with Gasteiger partial charge in [0.1, 0.15) is 17.3 Å². The maximum Gasteiger partial charge on any atom is 0.266 e. The van der Waals surface area contributed by atoms with E-state index in [-0.39, 0.29) is 17.3 Å². The molecule has 0 heterocycles. The first-order valence-electron chi connectivity index (χ1n) is 10.3. The maximum atomic E-state index is 13.4. The predicted molar refractivity (Wildman–Crippen MR) is 132 cm³/mol. The van der Waals surface area contributed by atoms with Crippen molar-refractivity contribution in [3.8, 4) is 16.9 Å². The molecular weight excluding hydrogens is 455 g/mol. The monoisotopic (exact) mass is 476 g/mol. The second-order valence-corrected chi connectivity index (χ2v) is 8.11. The van der Waals surface area contributed by atoms with Crippen LogP contribution in [0.1, 0.15) is 10.4 Å². The summed E-state index contributed by atoms with van der Waals surface area (Å²) in [5, 5.41) is 2.80. The molecule has 0 spiro atoms. The third-order valence-corrected chi connectivity index (χ3v) is 5.85. The number of carbonyl (C=O) groups excluding carboxylic acids is 1. The number of amides is 1. The second-order valence-electron chi connectivity index (χ2n) is 7.29. The Labute approximate surface area is 199 Å². The standard InChI is InChI=1S/C26H21FN2O4S/c1-33-25-16-13-22(17-24(25)29(34(31)32)23-14-11-21(27)12-15-23)28-26(30)20-9-7-19(8-10-20)18-5-3-2-4-6-18/h2-17H,1H3,(H,28,30)(H,31,32). The molecule has 0 saturated carbocycles. The third kappa shape index (κ3) is 5.14. The normalized spacial score (nSPS) is 11.5. The minimum absolute atomic E-state index is 0.229. The van der Waals surface area contributed by atoms with Crippen LogP contribution in [0.3, 0.4) is 0 Å². The van der Waals surface area contributed by atoms with Crippen molar-refractivity contribution in [1.82, 2.24) is 0 Å².